The molecule has 3 aromatic heterocycles. The van der Waals surface area contributed by atoms with Crippen LogP contribution in [0.4, 0.5) is 5.69 Å². The van der Waals surface area contributed by atoms with E-state index in [4.69, 9.17) is 4.74 Å². The first-order valence-corrected chi connectivity index (χ1v) is 8.15. The third kappa shape index (κ3) is 2.84. The van der Waals surface area contributed by atoms with Gasteiger partial charge < -0.3 is 4.74 Å². The Labute approximate surface area is 150 Å². The number of benzene rings is 1. The minimum Gasteiger partial charge on any atom is -0.476 e. The minimum absolute atomic E-state index is 0.414. The summed E-state index contributed by atoms with van der Waals surface area (Å²) in [6.07, 6.45) is 7.53. The van der Waals surface area contributed by atoms with Crippen LogP contribution in [-0.2, 0) is 0 Å². The van der Waals surface area contributed by atoms with Crippen molar-refractivity contribution in [3.05, 3.63) is 55.1 Å². The van der Waals surface area contributed by atoms with E-state index >= 15 is 0 Å². The Hall–Kier alpha value is -3.45. The molecule has 0 radical (unpaired) electrons. The molecular weight excluding hydrogens is 328 g/mol. The first-order chi connectivity index (χ1) is 12.8. The second-order valence-electron chi connectivity index (χ2n) is 5.76. The molecule has 7 heteroatoms. The van der Waals surface area contributed by atoms with Gasteiger partial charge in [-0.15, -0.1) is 0 Å². The lowest BCUT2D eigenvalue weighted by molar-refractivity contribution is 0.297. The van der Waals surface area contributed by atoms with E-state index in [1.54, 1.807) is 6.20 Å². The summed E-state index contributed by atoms with van der Waals surface area (Å²) in [7, 11) is 1.83. The summed E-state index contributed by atoms with van der Waals surface area (Å²) in [6, 6.07) is 9.91. The van der Waals surface area contributed by atoms with E-state index in [1.165, 1.54) is 0 Å². The molecule has 130 valence electrons. The summed E-state index contributed by atoms with van der Waals surface area (Å²) in [5.41, 5.74) is 5.62. The van der Waals surface area contributed by atoms with Crippen LogP contribution in [0.3, 0.4) is 0 Å². The number of aliphatic imine (C=N–C) groups is 1. The standard InChI is InChI=1S/C19H18N6O/c1-20-12-26-18-5-3-13(7-16(18)21-2)14-4-6-19-22-10-17(25(19)11-14)15-8-23-24-9-15/h3-11,20H,2,12H2,1H3,(H,23,24). The van der Waals surface area contributed by atoms with E-state index < -0.39 is 0 Å². The van der Waals surface area contributed by atoms with Gasteiger partial charge in [0, 0.05) is 18.0 Å². The van der Waals surface area contributed by atoms with Crippen LogP contribution in [0.2, 0.25) is 0 Å². The minimum atomic E-state index is 0.414. The molecule has 26 heavy (non-hydrogen) atoms. The van der Waals surface area contributed by atoms with Crippen LogP contribution in [0.1, 0.15) is 0 Å². The molecule has 0 aliphatic heterocycles. The highest BCUT2D eigenvalue weighted by molar-refractivity contribution is 5.73. The smallest absolute Gasteiger partial charge is 0.146 e. The fraction of sp³-hybridized carbons (Fsp3) is 0.105. The number of hydrogen-bond donors (Lipinski definition) is 2. The molecule has 0 fully saturated rings. The number of pyridine rings is 1. The maximum absolute atomic E-state index is 5.62. The molecule has 4 rings (SSSR count). The monoisotopic (exact) mass is 346 g/mol. The molecule has 3 heterocycles. The van der Waals surface area contributed by atoms with Crippen LogP contribution in [0, 0.1) is 0 Å². The molecule has 1 aromatic carbocycles. The Balaban J connectivity index is 1.77. The summed E-state index contributed by atoms with van der Waals surface area (Å²) >= 11 is 0. The molecule has 7 nitrogen and oxygen atoms in total. The van der Waals surface area contributed by atoms with Crippen molar-refractivity contribution in [3.8, 4) is 28.1 Å². The first kappa shape index (κ1) is 16.0. The Kier molecular flexibility index (Phi) is 4.20. The third-order valence-corrected chi connectivity index (χ3v) is 4.13. The fourth-order valence-electron chi connectivity index (χ4n) is 2.85. The summed E-state index contributed by atoms with van der Waals surface area (Å²) in [5.74, 6) is 0.695. The van der Waals surface area contributed by atoms with Gasteiger partial charge in [0.1, 0.15) is 23.8 Å². The zero-order chi connectivity index (χ0) is 17.9. The van der Waals surface area contributed by atoms with Gasteiger partial charge in [0.25, 0.3) is 0 Å². The van der Waals surface area contributed by atoms with Crippen molar-refractivity contribution < 1.29 is 4.74 Å². The summed E-state index contributed by atoms with van der Waals surface area (Å²) in [5, 5.41) is 9.80. The van der Waals surface area contributed by atoms with Crippen molar-refractivity contribution in [3.63, 3.8) is 0 Å². The van der Waals surface area contributed by atoms with Crippen molar-refractivity contribution in [2.24, 2.45) is 4.99 Å². The molecule has 0 unspecified atom stereocenters. The van der Waals surface area contributed by atoms with Gasteiger partial charge in [-0.3, -0.25) is 19.8 Å². The van der Waals surface area contributed by atoms with E-state index in [9.17, 15) is 0 Å². The Morgan fingerprint density at radius 3 is 2.85 bits per heavy atom. The van der Waals surface area contributed by atoms with Crippen LogP contribution in [0.15, 0.2) is 60.1 Å². The first-order valence-electron chi connectivity index (χ1n) is 8.15. The van der Waals surface area contributed by atoms with Crippen molar-refractivity contribution in [2.45, 2.75) is 0 Å². The SMILES string of the molecule is C=Nc1cc(-c2ccc3ncc(-c4cn[nH]c4)n3c2)ccc1OCNC. The van der Waals surface area contributed by atoms with Gasteiger partial charge in [-0.2, -0.15) is 5.10 Å². The summed E-state index contributed by atoms with van der Waals surface area (Å²) in [4.78, 5) is 8.54. The summed E-state index contributed by atoms with van der Waals surface area (Å²) in [6.45, 7) is 4.06. The number of nitrogens with one attached hydrogen (secondary N) is 2. The van der Waals surface area contributed by atoms with Crippen LogP contribution in [0.5, 0.6) is 5.75 Å². The van der Waals surface area contributed by atoms with Gasteiger partial charge in [0.05, 0.1) is 18.1 Å². The number of ether oxygens (including phenoxy) is 1. The molecule has 0 spiro atoms. The molecule has 0 aliphatic carbocycles. The van der Waals surface area contributed by atoms with Crippen molar-refractivity contribution in [2.75, 3.05) is 13.8 Å². The van der Waals surface area contributed by atoms with Crippen LogP contribution < -0.4 is 10.1 Å². The van der Waals surface area contributed by atoms with E-state index in [0.29, 0.717) is 18.2 Å². The van der Waals surface area contributed by atoms with Crippen LogP contribution in [-0.4, -0.2) is 40.1 Å². The maximum atomic E-state index is 5.62. The number of rotatable bonds is 6. The highest BCUT2D eigenvalue weighted by Gasteiger charge is 2.10. The third-order valence-electron chi connectivity index (χ3n) is 4.13. The Bertz CT molecular complexity index is 1050. The quantitative estimate of drug-likeness (QED) is 0.415. The van der Waals surface area contributed by atoms with Crippen molar-refractivity contribution >= 4 is 18.1 Å². The Morgan fingerprint density at radius 2 is 2.08 bits per heavy atom. The molecule has 0 saturated carbocycles. The second kappa shape index (κ2) is 6.81. The lowest BCUT2D eigenvalue weighted by atomic mass is 10.1. The van der Waals surface area contributed by atoms with Crippen LogP contribution >= 0.6 is 0 Å². The van der Waals surface area contributed by atoms with Crippen molar-refractivity contribution in [1.82, 2.24) is 24.9 Å². The summed E-state index contributed by atoms with van der Waals surface area (Å²) < 4.78 is 7.67. The highest BCUT2D eigenvalue weighted by atomic mass is 16.5. The molecule has 0 amide bonds. The maximum Gasteiger partial charge on any atom is 0.146 e. The number of fused-ring (bicyclic) bond motifs is 1. The topological polar surface area (TPSA) is 79.6 Å². The number of aromatic amines is 1. The van der Waals surface area contributed by atoms with Crippen molar-refractivity contribution in [1.29, 1.82) is 0 Å². The largest absolute Gasteiger partial charge is 0.476 e. The molecule has 0 aliphatic rings. The predicted octanol–water partition coefficient (Wildman–Crippen LogP) is 3.28. The van der Waals surface area contributed by atoms with Gasteiger partial charge in [0.15, 0.2) is 0 Å². The molecule has 4 aromatic rings. The Morgan fingerprint density at radius 1 is 1.19 bits per heavy atom. The number of aromatic nitrogens is 4. The zero-order valence-corrected chi connectivity index (χ0v) is 14.3. The average molecular weight is 346 g/mol. The lowest BCUT2D eigenvalue weighted by Gasteiger charge is -2.10. The lowest BCUT2D eigenvalue weighted by Crippen LogP contribution is -2.14. The van der Waals surface area contributed by atoms with Gasteiger partial charge in [-0.1, -0.05) is 6.07 Å². The molecule has 2 N–H and O–H groups in total. The second-order valence-corrected chi connectivity index (χ2v) is 5.76. The average Bonchev–Trinajstić information content (AvgIpc) is 3.35. The van der Waals surface area contributed by atoms with E-state index in [0.717, 1.165) is 28.0 Å². The van der Waals surface area contributed by atoms with Gasteiger partial charge >= 0.3 is 0 Å². The molecule has 0 bridgehead atoms. The number of nitrogens with zero attached hydrogens (tertiary/aromatic N) is 4. The number of imidazole rings is 1. The zero-order valence-electron chi connectivity index (χ0n) is 14.3. The molecule has 0 saturated heterocycles. The number of H-pyrrole nitrogens is 1. The van der Waals surface area contributed by atoms with E-state index in [-0.39, 0.29) is 0 Å². The van der Waals surface area contributed by atoms with Gasteiger partial charge in [-0.05, 0) is 49.2 Å². The number of hydrogen-bond acceptors (Lipinski definition) is 5. The highest BCUT2D eigenvalue weighted by Crippen LogP contribution is 2.33. The van der Waals surface area contributed by atoms with E-state index in [1.807, 2.05) is 54.2 Å². The normalized spacial score (nSPS) is 11.0. The van der Waals surface area contributed by atoms with E-state index in [2.05, 4.69) is 38.4 Å². The van der Waals surface area contributed by atoms with Crippen LogP contribution in [0.25, 0.3) is 28.0 Å². The molecule has 0 atom stereocenters. The fourth-order valence-corrected chi connectivity index (χ4v) is 2.85. The molecular formula is C19H18N6O. The van der Waals surface area contributed by atoms with Gasteiger partial charge in [-0.25, -0.2) is 4.98 Å². The van der Waals surface area contributed by atoms with Gasteiger partial charge in [0.2, 0.25) is 0 Å². The predicted molar refractivity (Wildman–Crippen MR) is 102 cm³/mol.